The maximum absolute atomic E-state index is 6.12. The molecule has 10 rings (SSSR count). The zero-order chi connectivity index (χ0) is 30.2. The molecule has 214 valence electrons. The van der Waals surface area contributed by atoms with E-state index in [9.17, 15) is 0 Å². The first-order valence-electron chi connectivity index (χ1n) is 15.3. The number of aromatic nitrogens is 3. The maximum atomic E-state index is 6.12. The van der Waals surface area contributed by atoms with E-state index in [-0.39, 0.29) is 14.5 Å². The van der Waals surface area contributed by atoms with Crippen LogP contribution in [0.2, 0.25) is 0 Å². The third-order valence-corrected chi connectivity index (χ3v) is 11.4. The average Bonchev–Trinajstić information content (AvgIpc) is 3.70. The predicted octanol–water partition coefficient (Wildman–Crippen LogP) is 10.4. The van der Waals surface area contributed by atoms with E-state index in [2.05, 4.69) is 91.0 Å². The number of hydrogen-bond acceptors (Lipinski definition) is 4. The van der Waals surface area contributed by atoms with Crippen LogP contribution in [0.25, 0.3) is 96.9 Å². The van der Waals surface area contributed by atoms with Gasteiger partial charge >= 0.3 is 264 Å². The van der Waals surface area contributed by atoms with E-state index >= 15 is 0 Å². The fraction of sp³-hybridized carbons (Fsp3) is 0. The van der Waals surface area contributed by atoms with E-state index in [1.165, 1.54) is 40.8 Å². The standard InChI is InChI=1S/C41H23N3OSe/c1-2-10-26(11-3-1)39-42-40(27-20-22-34-32(23-27)29-13-6-7-15-33(29)45-34)44-41(43-39)31-14-8-16-35-37(31)30-21-19-25-18-17-24-9-4-5-12-28(24)36(25)38(30)46-35/h1-23H. The van der Waals surface area contributed by atoms with Crippen LogP contribution in [0, 0.1) is 0 Å². The van der Waals surface area contributed by atoms with Crippen LogP contribution in [0.4, 0.5) is 0 Å². The van der Waals surface area contributed by atoms with Crippen LogP contribution >= 0.6 is 0 Å². The minimum absolute atomic E-state index is 0.149. The van der Waals surface area contributed by atoms with Crippen molar-refractivity contribution in [3.63, 3.8) is 0 Å². The average molecular weight is 653 g/mol. The summed E-state index contributed by atoms with van der Waals surface area (Å²) in [6.45, 7) is 0. The Morgan fingerprint density at radius 1 is 0.435 bits per heavy atom. The molecule has 0 spiro atoms. The van der Waals surface area contributed by atoms with Gasteiger partial charge in [0.2, 0.25) is 0 Å². The molecule has 0 saturated heterocycles. The number of para-hydroxylation sites is 1. The van der Waals surface area contributed by atoms with Gasteiger partial charge in [-0.3, -0.25) is 0 Å². The van der Waals surface area contributed by atoms with E-state index in [4.69, 9.17) is 19.4 Å². The van der Waals surface area contributed by atoms with Crippen LogP contribution in [-0.2, 0) is 0 Å². The predicted molar refractivity (Wildman–Crippen MR) is 190 cm³/mol. The van der Waals surface area contributed by atoms with Gasteiger partial charge in [-0.2, -0.15) is 0 Å². The Bertz CT molecular complexity index is 2820. The molecule has 0 N–H and O–H groups in total. The second-order valence-corrected chi connectivity index (χ2v) is 13.8. The van der Waals surface area contributed by atoms with E-state index in [1.807, 2.05) is 48.5 Å². The summed E-state index contributed by atoms with van der Waals surface area (Å²) in [4.78, 5) is 15.4. The number of furan rings is 1. The number of rotatable bonds is 3. The van der Waals surface area contributed by atoms with E-state index in [0.717, 1.165) is 38.6 Å². The van der Waals surface area contributed by atoms with Crippen molar-refractivity contribution in [3.8, 4) is 34.2 Å². The van der Waals surface area contributed by atoms with Crippen LogP contribution in [-0.4, -0.2) is 29.5 Å². The van der Waals surface area contributed by atoms with Crippen molar-refractivity contribution >= 4 is 77.3 Å². The monoisotopic (exact) mass is 653 g/mol. The molecule has 0 atom stereocenters. The van der Waals surface area contributed by atoms with Crippen molar-refractivity contribution in [2.75, 3.05) is 0 Å². The Morgan fingerprint density at radius 2 is 1.15 bits per heavy atom. The molecular weight excluding hydrogens is 629 g/mol. The van der Waals surface area contributed by atoms with Crippen LogP contribution in [0.1, 0.15) is 0 Å². The zero-order valence-electron chi connectivity index (χ0n) is 24.4. The van der Waals surface area contributed by atoms with E-state index in [1.54, 1.807) is 0 Å². The number of nitrogens with zero attached hydrogens (tertiary/aromatic N) is 3. The van der Waals surface area contributed by atoms with Gasteiger partial charge in [0.25, 0.3) is 0 Å². The summed E-state index contributed by atoms with van der Waals surface area (Å²) in [7, 11) is 0. The van der Waals surface area contributed by atoms with Gasteiger partial charge in [-0.1, -0.05) is 6.07 Å². The van der Waals surface area contributed by atoms with E-state index in [0.29, 0.717) is 17.5 Å². The van der Waals surface area contributed by atoms with Crippen LogP contribution in [0.3, 0.4) is 0 Å². The first-order valence-corrected chi connectivity index (χ1v) is 17.0. The normalized spacial score (nSPS) is 11.9. The molecule has 0 radical (unpaired) electrons. The summed E-state index contributed by atoms with van der Waals surface area (Å²) in [5, 5.41) is 9.87. The molecule has 4 nitrogen and oxygen atoms in total. The minimum atomic E-state index is 0.149. The van der Waals surface area contributed by atoms with E-state index < -0.39 is 0 Å². The molecule has 5 heteroatoms. The fourth-order valence-electron chi connectivity index (χ4n) is 6.76. The van der Waals surface area contributed by atoms with Crippen LogP contribution < -0.4 is 0 Å². The summed E-state index contributed by atoms with van der Waals surface area (Å²) in [6, 6.07) is 48.9. The fourth-order valence-corrected chi connectivity index (χ4v) is 9.49. The third-order valence-electron chi connectivity index (χ3n) is 8.91. The van der Waals surface area contributed by atoms with Crippen molar-refractivity contribution < 1.29 is 4.42 Å². The van der Waals surface area contributed by atoms with Crippen LogP contribution in [0.5, 0.6) is 0 Å². The van der Waals surface area contributed by atoms with Gasteiger partial charge in [-0.05, 0) is 0 Å². The molecule has 3 heterocycles. The molecule has 0 bridgehead atoms. The van der Waals surface area contributed by atoms with Gasteiger partial charge in [0.05, 0.1) is 0 Å². The van der Waals surface area contributed by atoms with Crippen LogP contribution in [0.15, 0.2) is 144 Å². The summed E-state index contributed by atoms with van der Waals surface area (Å²) >= 11 is 0.149. The van der Waals surface area contributed by atoms with Crippen molar-refractivity contribution in [2.45, 2.75) is 0 Å². The van der Waals surface area contributed by atoms with Gasteiger partial charge in [0.15, 0.2) is 0 Å². The molecule has 0 saturated carbocycles. The zero-order valence-corrected chi connectivity index (χ0v) is 26.2. The Morgan fingerprint density at radius 3 is 2.07 bits per heavy atom. The number of benzene rings is 7. The molecular formula is C41H23N3OSe. The summed E-state index contributed by atoms with van der Waals surface area (Å²) in [5.41, 5.74) is 4.64. The molecule has 0 aliphatic carbocycles. The molecule has 0 amide bonds. The van der Waals surface area contributed by atoms with Gasteiger partial charge in [-0.25, -0.2) is 0 Å². The second-order valence-electron chi connectivity index (χ2n) is 11.6. The summed E-state index contributed by atoms with van der Waals surface area (Å²) in [6.07, 6.45) is 0. The molecule has 0 fully saturated rings. The third kappa shape index (κ3) is 3.89. The first-order chi connectivity index (χ1) is 22.8. The first kappa shape index (κ1) is 25.7. The molecule has 0 unspecified atom stereocenters. The Labute approximate surface area is 269 Å². The quantitative estimate of drug-likeness (QED) is 0.141. The Balaban J connectivity index is 1.25. The molecule has 10 aromatic rings. The van der Waals surface area contributed by atoms with Gasteiger partial charge in [0, 0.05) is 0 Å². The summed E-state index contributed by atoms with van der Waals surface area (Å²) in [5.74, 6) is 1.98. The molecule has 0 aliphatic rings. The molecule has 0 aliphatic heterocycles. The van der Waals surface area contributed by atoms with Crippen molar-refractivity contribution in [3.05, 3.63) is 140 Å². The van der Waals surface area contributed by atoms with Gasteiger partial charge < -0.3 is 0 Å². The Hall–Kier alpha value is -5.61. The van der Waals surface area contributed by atoms with Crippen molar-refractivity contribution in [1.29, 1.82) is 0 Å². The number of fused-ring (bicyclic) bond motifs is 10. The number of hydrogen-bond donors (Lipinski definition) is 0. The molecule has 46 heavy (non-hydrogen) atoms. The second kappa shape index (κ2) is 9.95. The van der Waals surface area contributed by atoms with Crippen molar-refractivity contribution in [2.24, 2.45) is 0 Å². The molecule has 3 aromatic heterocycles. The topological polar surface area (TPSA) is 51.8 Å². The molecule has 7 aromatic carbocycles. The SMILES string of the molecule is c1ccc(-c2nc(-c3ccc4oc5ccccc5c4c3)nc(-c3cccc4[se]c5c(ccc6ccc7ccccc7c65)c34)n2)cc1. The van der Waals surface area contributed by atoms with Gasteiger partial charge in [-0.15, -0.1) is 0 Å². The van der Waals surface area contributed by atoms with Gasteiger partial charge in [0.1, 0.15) is 0 Å². The Kier molecular flexibility index (Phi) is 5.56. The summed E-state index contributed by atoms with van der Waals surface area (Å²) < 4.78 is 8.91. The van der Waals surface area contributed by atoms with Crippen molar-refractivity contribution in [1.82, 2.24) is 15.0 Å².